The molecule has 1 aliphatic carbocycles. The minimum Gasteiger partial charge on any atom is -0.469 e. The van der Waals surface area contributed by atoms with E-state index in [1.165, 1.54) is 0 Å². The molecule has 1 unspecified atom stereocenters. The lowest BCUT2D eigenvalue weighted by molar-refractivity contribution is 0.0958. The van der Waals surface area contributed by atoms with Crippen molar-refractivity contribution in [2.24, 2.45) is 0 Å². The summed E-state index contributed by atoms with van der Waals surface area (Å²) in [5, 5.41) is 4.40. The lowest BCUT2D eigenvalue weighted by Gasteiger charge is -2.21. The third-order valence-electron chi connectivity index (χ3n) is 4.85. The number of hydrogen-bond donors (Lipinski definition) is 0. The Hall–Kier alpha value is -2.73. The van der Waals surface area contributed by atoms with E-state index in [0.29, 0.717) is 18.4 Å². The number of nitrogens with zero attached hydrogens (tertiary/aromatic N) is 3. The number of rotatable bonds is 2. The first kappa shape index (κ1) is 15.5. The van der Waals surface area contributed by atoms with Gasteiger partial charge in [-0.3, -0.25) is 4.79 Å². The zero-order valence-electron chi connectivity index (χ0n) is 13.7. The average Bonchev–Trinajstić information content (AvgIpc) is 3.31. The molecule has 5 rings (SSSR count). The second-order valence-electron chi connectivity index (χ2n) is 6.48. The molecule has 26 heavy (non-hydrogen) atoms. The maximum absolute atomic E-state index is 12.6. The molecule has 0 fully saturated rings. The predicted octanol–water partition coefficient (Wildman–Crippen LogP) is 4.66. The highest BCUT2D eigenvalue weighted by Crippen LogP contribution is 2.33. The molecule has 3 aromatic heterocycles. The fourth-order valence-corrected chi connectivity index (χ4v) is 3.80. The molecule has 0 saturated carbocycles. The van der Waals surface area contributed by atoms with Gasteiger partial charge >= 0.3 is 0 Å². The van der Waals surface area contributed by atoms with Crippen LogP contribution < -0.4 is 0 Å². The van der Waals surface area contributed by atoms with E-state index in [4.69, 9.17) is 9.40 Å². The largest absolute Gasteiger partial charge is 0.469 e. The SMILES string of the molecule is O=C1CC(c2ccco2)Cc2nc3c(-c4ccc(Br)cc4)cnn3cc21. The normalized spacial score (nSPS) is 16.8. The molecule has 0 amide bonds. The molecule has 128 valence electrons. The number of halogens is 1. The van der Waals surface area contributed by atoms with Gasteiger partial charge in [-0.2, -0.15) is 5.10 Å². The van der Waals surface area contributed by atoms with Gasteiger partial charge in [0.1, 0.15) is 5.76 Å². The maximum Gasteiger partial charge on any atom is 0.167 e. The summed E-state index contributed by atoms with van der Waals surface area (Å²) in [6.45, 7) is 0. The molecule has 0 N–H and O–H groups in total. The first-order valence-corrected chi connectivity index (χ1v) is 9.18. The zero-order chi connectivity index (χ0) is 17.7. The number of fused-ring (bicyclic) bond motifs is 2. The Kier molecular flexibility index (Phi) is 3.53. The van der Waals surface area contributed by atoms with E-state index in [0.717, 1.165) is 32.7 Å². The molecular formula is C20H14BrN3O2. The van der Waals surface area contributed by atoms with Crippen molar-refractivity contribution in [2.75, 3.05) is 0 Å². The Morgan fingerprint density at radius 2 is 1.96 bits per heavy atom. The molecule has 0 radical (unpaired) electrons. The van der Waals surface area contributed by atoms with E-state index in [1.807, 2.05) is 36.4 Å². The van der Waals surface area contributed by atoms with Crippen LogP contribution in [-0.2, 0) is 6.42 Å². The number of ketones is 1. The summed E-state index contributed by atoms with van der Waals surface area (Å²) in [6.07, 6.45) is 6.38. The lowest BCUT2D eigenvalue weighted by Crippen LogP contribution is -2.21. The second kappa shape index (κ2) is 5.92. The third-order valence-corrected chi connectivity index (χ3v) is 5.37. The summed E-state index contributed by atoms with van der Waals surface area (Å²) in [5.74, 6) is 0.967. The quantitative estimate of drug-likeness (QED) is 0.484. The molecule has 0 bridgehead atoms. The van der Waals surface area contributed by atoms with Crippen LogP contribution in [0.2, 0.25) is 0 Å². The topological polar surface area (TPSA) is 60.4 Å². The Morgan fingerprint density at radius 1 is 1.12 bits per heavy atom. The number of benzene rings is 1. The van der Waals surface area contributed by atoms with Crippen molar-refractivity contribution in [1.82, 2.24) is 14.6 Å². The number of furan rings is 1. The highest BCUT2D eigenvalue weighted by atomic mass is 79.9. The monoisotopic (exact) mass is 407 g/mol. The van der Waals surface area contributed by atoms with Crippen LogP contribution in [0.15, 0.2) is 63.9 Å². The van der Waals surface area contributed by atoms with Crippen molar-refractivity contribution in [2.45, 2.75) is 18.8 Å². The van der Waals surface area contributed by atoms with Crippen molar-refractivity contribution in [3.8, 4) is 11.1 Å². The van der Waals surface area contributed by atoms with Gasteiger partial charge in [0.2, 0.25) is 0 Å². The highest BCUT2D eigenvalue weighted by molar-refractivity contribution is 9.10. The van der Waals surface area contributed by atoms with Crippen molar-refractivity contribution in [1.29, 1.82) is 0 Å². The molecule has 3 heterocycles. The second-order valence-corrected chi connectivity index (χ2v) is 7.39. The van der Waals surface area contributed by atoms with Crippen LogP contribution in [-0.4, -0.2) is 20.4 Å². The van der Waals surface area contributed by atoms with Crippen LogP contribution in [0.25, 0.3) is 16.8 Å². The molecule has 1 atom stereocenters. The fourth-order valence-electron chi connectivity index (χ4n) is 3.53. The standard InChI is InChI=1S/C20H14BrN3O2/c21-14-5-3-12(4-6-14)15-10-22-24-11-16-17(23-20(15)24)8-13(9-18(16)25)19-2-1-7-26-19/h1-7,10-11,13H,8-9H2. The molecular weight excluding hydrogens is 394 g/mol. The number of carbonyl (C=O) groups is 1. The minimum atomic E-state index is 0.0407. The van der Waals surface area contributed by atoms with Crippen molar-refractivity contribution >= 4 is 27.4 Å². The number of aromatic nitrogens is 3. The van der Waals surface area contributed by atoms with Crippen molar-refractivity contribution in [3.05, 3.63) is 76.5 Å². The van der Waals surface area contributed by atoms with Crippen LogP contribution >= 0.6 is 15.9 Å². The van der Waals surface area contributed by atoms with Crippen LogP contribution in [0, 0.1) is 0 Å². The van der Waals surface area contributed by atoms with E-state index >= 15 is 0 Å². The molecule has 0 aliphatic heterocycles. The molecule has 1 aliphatic rings. The molecule has 0 saturated heterocycles. The van der Waals surface area contributed by atoms with Crippen molar-refractivity contribution in [3.63, 3.8) is 0 Å². The summed E-state index contributed by atoms with van der Waals surface area (Å²) in [6, 6.07) is 11.8. The van der Waals surface area contributed by atoms with Crippen molar-refractivity contribution < 1.29 is 9.21 Å². The Labute approximate surface area is 157 Å². The van der Waals surface area contributed by atoms with Crippen LogP contribution in [0.1, 0.15) is 34.2 Å². The Morgan fingerprint density at radius 3 is 2.73 bits per heavy atom. The lowest BCUT2D eigenvalue weighted by atomic mass is 9.85. The van der Waals surface area contributed by atoms with E-state index in [1.54, 1.807) is 23.2 Å². The highest BCUT2D eigenvalue weighted by Gasteiger charge is 2.30. The average molecular weight is 408 g/mol. The van der Waals surface area contributed by atoms with Crippen LogP contribution in [0.5, 0.6) is 0 Å². The smallest absolute Gasteiger partial charge is 0.167 e. The first-order valence-electron chi connectivity index (χ1n) is 8.39. The van der Waals surface area contributed by atoms with Gasteiger partial charge in [-0.05, 0) is 29.8 Å². The van der Waals surface area contributed by atoms with Gasteiger partial charge in [-0.15, -0.1) is 0 Å². The minimum absolute atomic E-state index is 0.0407. The zero-order valence-corrected chi connectivity index (χ0v) is 15.3. The van der Waals surface area contributed by atoms with Gasteiger partial charge in [0, 0.05) is 35.0 Å². The summed E-state index contributed by atoms with van der Waals surface area (Å²) >= 11 is 3.46. The third kappa shape index (κ3) is 2.49. The number of hydrogen-bond acceptors (Lipinski definition) is 4. The predicted molar refractivity (Wildman–Crippen MR) is 100 cm³/mol. The first-order chi connectivity index (χ1) is 12.7. The summed E-state index contributed by atoms with van der Waals surface area (Å²) in [7, 11) is 0. The fraction of sp³-hybridized carbons (Fsp3) is 0.150. The summed E-state index contributed by atoms with van der Waals surface area (Å²) in [4.78, 5) is 17.4. The Balaban J connectivity index is 1.62. The van der Waals surface area contributed by atoms with Crippen LogP contribution in [0.4, 0.5) is 0 Å². The van der Waals surface area contributed by atoms with E-state index in [2.05, 4.69) is 21.0 Å². The van der Waals surface area contributed by atoms with Crippen LogP contribution in [0.3, 0.4) is 0 Å². The summed E-state index contributed by atoms with van der Waals surface area (Å²) < 4.78 is 8.23. The number of Topliss-reactive ketones (excluding diaryl/α,β-unsaturated/α-hetero) is 1. The number of carbonyl (C=O) groups excluding carboxylic acids is 1. The van der Waals surface area contributed by atoms with Gasteiger partial charge in [-0.1, -0.05) is 28.1 Å². The molecule has 6 heteroatoms. The molecule has 0 spiro atoms. The van der Waals surface area contributed by atoms with E-state index in [-0.39, 0.29) is 11.7 Å². The van der Waals surface area contributed by atoms with E-state index < -0.39 is 0 Å². The molecule has 4 aromatic rings. The van der Waals surface area contributed by atoms with E-state index in [9.17, 15) is 4.79 Å². The van der Waals surface area contributed by atoms with Gasteiger partial charge in [0.25, 0.3) is 0 Å². The van der Waals surface area contributed by atoms with Gasteiger partial charge in [0.05, 0.1) is 23.7 Å². The summed E-state index contributed by atoms with van der Waals surface area (Å²) in [5.41, 5.74) is 4.23. The molecule has 1 aromatic carbocycles. The van der Waals surface area contributed by atoms with Gasteiger partial charge in [0.15, 0.2) is 11.4 Å². The Bertz CT molecular complexity index is 1110. The van der Waals surface area contributed by atoms with Gasteiger partial charge in [-0.25, -0.2) is 9.50 Å². The molecule has 5 nitrogen and oxygen atoms in total. The van der Waals surface area contributed by atoms with Gasteiger partial charge < -0.3 is 4.42 Å². The maximum atomic E-state index is 12.6.